The maximum atomic E-state index is 10.4. The molecule has 0 aromatic heterocycles. The summed E-state index contributed by atoms with van der Waals surface area (Å²) < 4.78 is 10.9. The van der Waals surface area contributed by atoms with Crippen molar-refractivity contribution in [2.45, 2.75) is 32.4 Å². The highest BCUT2D eigenvalue weighted by molar-refractivity contribution is 5.44. The third-order valence-corrected chi connectivity index (χ3v) is 6.29. The predicted molar refractivity (Wildman–Crippen MR) is 101 cm³/mol. The maximum Gasteiger partial charge on any atom is 0.231 e. The fourth-order valence-corrected chi connectivity index (χ4v) is 4.72. The smallest absolute Gasteiger partial charge is 0.231 e. The van der Waals surface area contributed by atoms with E-state index < -0.39 is 0 Å². The number of hydrogen-bond acceptors (Lipinski definition) is 3. The Morgan fingerprint density at radius 3 is 2.33 bits per heavy atom. The van der Waals surface area contributed by atoms with Crippen molar-refractivity contribution in [1.82, 2.24) is 0 Å². The van der Waals surface area contributed by atoms with E-state index in [-0.39, 0.29) is 0 Å². The number of hydrogen-bond donors (Lipinski definition) is 3. The molecule has 0 radical (unpaired) electrons. The van der Waals surface area contributed by atoms with Crippen LogP contribution in [-0.4, -0.2) is 38.1 Å². The molecule has 2 heterocycles. The number of aryl methyl sites for hydroxylation is 2. The first-order chi connectivity index (χ1) is 13.2. The van der Waals surface area contributed by atoms with Crippen LogP contribution in [0.3, 0.4) is 0 Å². The second kappa shape index (κ2) is 7.06. The van der Waals surface area contributed by atoms with Crippen molar-refractivity contribution in [2.24, 2.45) is 0 Å². The van der Waals surface area contributed by atoms with Crippen LogP contribution in [0.15, 0.2) is 30.3 Å². The molecule has 1 aliphatic carbocycles. The SMILES string of the molecule is Oc1cc2c(cc1C[NH+]1CC[NH+](Cc3ccc4c(c3)OCO4)CC1)CCC2. The van der Waals surface area contributed by atoms with Crippen LogP contribution >= 0.6 is 0 Å². The summed E-state index contributed by atoms with van der Waals surface area (Å²) in [4.78, 5) is 3.20. The summed E-state index contributed by atoms with van der Waals surface area (Å²) in [7, 11) is 0. The fraction of sp³-hybridized carbons (Fsp3) is 0.455. The van der Waals surface area contributed by atoms with Crippen molar-refractivity contribution in [2.75, 3.05) is 33.0 Å². The number of fused-ring (bicyclic) bond motifs is 2. The lowest BCUT2D eigenvalue weighted by molar-refractivity contribution is -1.02. The molecule has 5 heteroatoms. The lowest BCUT2D eigenvalue weighted by Crippen LogP contribution is -3.27. The Hall–Kier alpha value is -2.24. The summed E-state index contributed by atoms with van der Waals surface area (Å²) in [6.45, 7) is 6.94. The average molecular weight is 368 g/mol. The van der Waals surface area contributed by atoms with Gasteiger partial charge in [0.25, 0.3) is 0 Å². The number of ether oxygens (including phenoxy) is 2. The van der Waals surface area contributed by atoms with E-state index in [2.05, 4.69) is 18.2 Å². The topological polar surface area (TPSA) is 47.6 Å². The number of piperazine rings is 1. The normalized spacial score (nSPS) is 23.4. The van der Waals surface area contributed by atoms with Crippen LogP contribution in [0.5, 0.6) is 17.2 Å². The second-order valence-corrected chi connectivity index (χ2v) is 8.14. The van der Waals surface area contributed by atoms with E-state index in [1.54, 1.807) is 9.80 Å². The van der Waals surface area contributed by atoms with Crippen LogP contribution in [0.1, 0.15) is 28.7 Å². The molecule has 27 heavy (non-hydrogen) atoms. The molecule has 1 saturated heterocycles. The first kappa shape index (κ1) is 16.9. The summed E-state index contributed by atoms with van der Waals surface area (Å²) >= 11 is 0. The van der Waals surface area contributed by atoms with E-state index in [4.69, 9.17) is 9.47 Å². The minimum Gasteiger partial charge on any atom is -0.507 e. The summed E-state index contributed by atoms with van der Waals surface area (Å²) in [5.74, 6) is 2.23. The maximum absolute atomic E-state index is 10.4. The quantitative estimate of drug-likeness (QED) is 0.717. The molecule has 5 rings (SSSR count). The number of rotatable bonds is 4. The molecule has 0 amide bonds. The number of aromatic hydroxyl groups is 1. The predicted octanol–water partition coefficient (Wildman–Crippen LogP) is 0.0932. The first-order valence-electron chi connectivity index (χ1n) is 10.1. The van der Waals surface area contributed by atoms with Crippen LogP contribution in [0.2, 0.25) is 0 Å². The van der Waals surface area contributed by atoms with E-state index in [9.17, 15) is 5.11 Å². The lowest BCUT2D eigenvalue weighted by atomic mass is 10.0. The molecule has 5 nitrogen and oxygen atoms in total. The minimum absolute atomic E-state index is 0.337. The van der Waals surface area contributed by atoms with E-state index >= 15 is 0 Å². The van der Waals surface area contributed by atoms with Gasteiger partial charge in [-0.05, 0) is 60.7 Å². The number of phenolic OH excluding ortho intramolecular Hbond substituents is 1. The van der Waals surface area contributed by atoms with Gasteiger partial charge >= 0.3 is 0 Å². The molecule has 0 atom stereocenters. The highest BCUT2D eigenvalue weighted by atomic mass is 16.7. The van der Waals surface area contributed by atoms with Crippen LogP contribution in [0.25, 0.3) is 0 Å². The Morgan fingerprint density at radius 1 is 0.815 bits per heavy atom. The van der Waals surface area contributed by atoms with Gasteiger partial charge in [-0.15, -0.1) is 0 Å². The van der Waals surface area contributed by atoms with E-state index in [1.165, 1.54) is 29.5 Å². The molecule has 3 N–H and O–H groups in total. The molecule has 2 aromatic rings. The molecule has 142 valence electrons. The minimum atomic E-state index is 0.337. The van der Waals surface area contributed by atoms with Crippen molar-refractivity contribution in [1.29, 1.82) is 0 Å². The van der Waals surface area contributed by atoms with Crippen LogP contribution < -0.4 is 19.3 Å². The molecule has 0 unspecified atom stereocenters. The summed E-state index contributed by atoms with van der Waals surface area (Å²) in [5, 5.41) is 10.4. The zero-order chi connectivity index (χ0) is 18.2. The number of quaternary nitrogens is 2. The second-order valence-electron chi connectivity index (χ2n) is 8.14. The van der Waals surface area contributed by atoms with Crippen LogP contribution in [-0.2, 0) is 25.9 Å². The third kappa shape index (κ3) is 3.49. The Balaban J connectivity index is 1.17. The average Bonchev–Trinajstić information content (AvgIpc) is 3.32. The number of phenols is 1. The Kier molecular flexibility index (Phi) is 4.42. The van der Waals surface area contributed by atoms with E-state index in [1.807, 2.05) is 12.1 Å². The van der Waals surface area contributed by atoms with Gasteiger partial charge < -0.3 is 24.4 Å². The molecule has 0 bridgehead atoms. The Labute approximate surface area is 160 Å². The van der Waals surface area contributed by atoms with Gasteiger partial charge in [-0.3, -0.25) is 0 Å². The van der Waals surface area contributed by atoms with Crippen molar-refractivity contribution in [3.8, 4) is 17.2 Å². The highest BCUT2D eigenvalue weighted by Crippen LogP contribution is 2.32. The largest absolute Gasteiger partial charge is 0.507 e. The zero-order valence-corrected chi connectivity index (χ0v) is 15.7. The number of benzene rings is 2. The summed E-state index contributed by atoms with van der Waals surface area (Å²) in [6, 6.07) is 10.6. The van der Waals surface area contributed by atoms with Crippen molar-refractivity contribution >= 4 is 0 Å². The Morgan fingerprint density at radius 2 is 1.52 bits per heavy atom. The van der Waals surface area contributed by atoms with Gasteiger partial charge in [0.05, 0.1) is 0 Å². The molecule has 2 aromatic carbocycles. The highest BCUT2D eigenvalue weighted by Gasteiger charge is 2.25. The zero-order valence-electron chi connectivity index (χ0n) is 15.7. The molecule has 2 aliphatic heterocycles. The molecule has 1 fully saturated rings. The van der Waals surface area contributed by atoms with Gasteiger partial charge in [0.1, 0.15) is 45.0 Å². The van der Waals surface area contributed by atoms with Gasteiger partial charge in [0.2, 0.25) is 6.79 Å². The molecule has 0 saturated carbocycles. The van der Waals surface area contributed by atoms with Gasteiger partial charge in [-0.1, -0.05) is 0 Å². The summed E-state index contributed by atoms with van der Waals surface area (Å²) in [5.41, 5.74) is 5.25. The van der Waals surface area contributed by atoms with Crippen LogP contribution in [0.4, 0.5) is 0 Å². The van der Waals surface area contributed by atoms with Gasteiger partial charge in [-0.25, -0.2) is 0 Å². The van der Waals surface area contributed by atoms with Gasteiger partial charge in [-0.2, -0.15) is 0 Å². The van der Waals surface area contributed by atoms with Crippen LogP contribution in [0, 0.1) is 0 Å². The fourth-order valence-electron chi connectivity index (χ4n) is 4.72. The Bertz CT molecular complexity index is 844. The standard InChI is InChI=1S/C22H26N2O3/c25-20-12-18-3-1-2-17(18)11-19(20)14-24-8-6-23(7-9-24)13-16-4-5-21-22(10-16)27-15-26-21/h4-5,10-12,25H,1-3,6-9,13-15H2/p+2. The molecular formula is C22H28N2O3+2. The summed E-state index contributed by atoms with van der Waals surface area (Å²) in [6.07, 6.45) is 3.52. The first-order valence-corrected chi connectivity index (χ1v) is 10.1. The molecule has 0 spiro atoms. The van der Waals surface area contributed by atoms with Crippen molar-refractivity contribution < 1.29 is 24.4 Å². The molecule has 3 aliphatic rings. The monoisotopic (exact) mass is 368 g/mol. The van der Waals surface area contributed by atoms with Crippen molar-refractivity contribution in [3.05, 3.63) is 52.6 Å². The van der Waals surface area contributed by atoms with Crippen molar-refractivity contribution in [3.63, 3.8) is 0 Å². The lowest BCUT2D eigenvalue weighted by Gasteiger charge is -2.30. The molecular weight excluding hydrogens is 340 g/mol. The van der Waals surface area contributed by atoms with E-state index in [0.717, 1.165) is 62.8 Å². The number of nitrogens with one attached hydrogen (secondary N) is 2. The van der Waals surface area contributed by atoms with Gasteiger partial charge in [0.15, 0.2) is 11.5 Å². The third-order valence-electron chi connectivity index (χ3n) is 6.29. The van der Waals surface area contributed by atoms with E-state index in [0.29, 0.717) is 12.5 Å². The van der Waals surface area contributed by atoms with Gasteiger partial charge in [0, 0.05) is 11.1 Å².